The molecule has 0 unspecified atom stereocenters. The lowest BCUT2D eigenvalue weighted by atomic mass is 9.90. The Hall–Kier alpha value is -3.83. The first-order valence-corrected chi connectivity index (χ1v) is 9.98. The van der Waals surface area contributed by atoms with Crippen LogP contribution in [-0.2, 0) is 11.4 Å². The van der Waals surface area contributed by atoms with Crippen molar-refractivity contribution in [2.24, 2.45) is 0 Å². The maximum absolute atomic E-state index is 13.3. The molecule has 0 radical (unpaired) electrons. The first-order chi connectivity index (χ1) is 15.2. The number of carbonyl (C=O) groups is 1. The molecule has 3 aromatic carbocycles. The van der Waals surface area contributed by atoms with Crippen molar-refractivity contribution in [2.75, 3.05) is 12.4 Å². The third kappa shape index (κ3) is 4.52. The molecule has 0 atom stereocenters. The average molecular weight is 413 g/mol. The van der Waals surface area contributed by atoms with E-state index in [0.717, 1.165) is 16.7 Å². The van der Waals surface area contributed by atoms with E-state index in [1.807, 2.05) is 72.8 Å². The van der Waals surface area contributed by atoms with Gasteiger partial charge in [0, 0.05) is 11.8 Å². The van der Waals surface area contributed by atoms with Gasteiger partial charge in [0.1, 0.15) is 23.9 Å². The number of nitrogens with one attached hydrogen (secondary N) is 1. The number of hydrogen-bond donors (Lipinski definition) is 2. The standard InChI is InChI=1S/C26H23NO4/c1-30-24-16-20(12-14-22(24)23-15-13-21(17-28)31-23)27-26(29)25(18-8-4-2-5-9-18)19-10-6-3-7-11-19/h2-16,25,28H,17H2,1H3,(H,27,29). The van der Waals surface area contributed by atoms with E-state index in [9.17, 15) is 9.90 Å². The summed E-state index contributed by atoms with van der Waals surface area (Å²) in [6.45, 7) is -0.170. The minimum absolute atomic E-state index is 0.132. The fraction of sp³-hybridized carbons (Fsp3) is 0.115. The molecule has 5 nitrogen and oxygen atoms in total. The first-order valence-electron chi connectivity index (χ1n) is 9.98. The van der Waals surface area contributed by atoms with Gasteiger partial charge in [-0.05, 0) is 35.4 Å². The van der Waals surface area contributed by atoms with Crippen molar-refractivity contribution in [1.29, 1.82) is 0 Å². The third-order valence-electron chi connectivity index (χ3n) is 5.08. The van der Waals surface area contributed by atoms with Crippen LogP contribution in [0.5, 0.6) is 5.75 Å². The Kier molecular flexibility index (Phi) is 6.15. The molecule has 156 valence electrons. The van der Waals surface area contributed by atoms with Crippen molar-refractivity contribution in [3.8, 4) is 17.1 Å². The van der Waals surface area contributed by atoms with Crippen LogP contribution in [0, 0.1) is 0 Å². The predicted octanol–water partition coefficient (Wildman–Crippen LogP) is 5.22. The number of ether oxygens (including phenoxy) is 1. The molecular weight excluding hydrogens is 390 g/mol. The zero-order chi connectivity index (χ0) is 21.6. The molecule has 31 heavy (non-hydrogen) atoms. The smallest absolute Gasteiger partial charge is 0.236 e. The highest BCUT2D eigenvalue weighted by Gasteiger charge is 2.23. The molecule has 0 aliphatic rings. The van der Waals surface area contributed by atoms with Crippen molar-refractivity contribution in [1.82, 2.24) is 0 Å². The van der Waals surface area contributed by atoms with E-state index >= 15 is 0 Å². The average Bonchev–Trinajstić information content (AvgIpc) is 3.30. The largest absolute Gasteiger partial charge is 0.496 e. The van der Waals surface area contributed by atoms with Crippen LogP contribution in [0.15, 0.2) is 95.4 Å². The summed E-state index contributed by atoms with van der Waals surface area (Å²) in [4.78, 5) is 13.3. The molecule has 0 aliphatic carbocycles. The number of carbonyl (C=O) groups excluding carboxylic acids is 1. The number of anilines is 1. The van der Waals surface area contributed by atoms with Gasteiger partial charge in [-0.15, -0.1) is 0 Å². The SMILES string of the molecule is COc1cc(NC(=O)C(c2ccccc2)c2ccccc2)ccc1-c1ccc(CO)o1. The second kappa shape index (κ2) is 9.32. The van der Waals surface area contributed by atoms with Gasteiger partial charge in [0.2, 0.25) is 5.91 Å². The molecule has 1 heterocycles. The van der Waals surface area contributed by atoms with E-state index in [0.29, 0.717) is 23.0 Å². The number of aliphatic hydroxyl groups excluding tert-OH is 1. The van der Waals surface area contributed by atoms with Crippen molar-refractivity contribution in [3.63, 3.8) is 0 Å². The van der Waals surface area contributed by atoms with Crippen LogP contribution in [0.25, 0.3) is 11.3 Å². The number of amides is 1. The first kappa shape index (κ1) is 20.4. The zero-order valence-corrected chi connectivity index (χ0v) is 17.1. The van der Waals surface area contributed by atoms with Crippen LogP contribution < -0.4 is 10.1 Å². The highest BCUT2D eigenvalue weighted by molar-refractivity contribution is 5.98. The summed E-state index contributed by atoms with van der Waals surface area (Å²) in [6.07, 6.45) is 0. The molecule has 0 spiro atoms. The Balaban J connectivity index is 1.63. The fourth-order valence-corrected chi connectivity index (χ4v) is 3.58. The third-order valence-corrected chi connectivity index (χ3v) is 5.08. The normalized spacial score (nSPS) is 10.8. The second-order valence-electron chi connectivity index (χ2n) is 7.08. The maximum Gasteiger partial charge on any atom is 0.236 e. The number of methoxy groups -OCH3 is 1. The van der Waals surface area contributed by atoms with E-state index in [-0.39, 0.29) is 12.5 Å². The summed E-state index contributed by atoms with van der Waals surface area (Å²) >= 11 is 0. The molecule has 0 saturated heterocycles. The molecule has 0 bridgehead atoms. The van der Waals surface area contributed by atoms with E-state index in [2.05, 4.69) is 5.32 Å². The Bertz CT molecular complexity index is 1110. The summed E-state index contributed by atoms with van der Waals surface area (Å²) in [5.74, 6) is 1.05. The number of benzene rings is 3. The molecule has 1 aromatic heterocycles. The molecule has 1 amide bonds. The van der Waals surface area contributed by atoms with Crippen LogP contribution in [0.2, 0.25) is 0 Å². The van der Waals surface area contributed by atoms with Gasteiger partial charge >= 0.3 is 0 Å². The second-order valence-corrected chi connectivity index (χ2v) is 7.08. The Labute approximate surface area is 180 Å². The molecule has 4 aromatic rings. The Morgan fingerprint density at radius 2 is 1.58 bits per heavy atom. The fourth-order valence-electron chi connectivity index (χ4n) is 3.58. The van der Waals surface area contributed by atoms with Crippen LogP contribution in [0.3, 0.4) is 0 Å². The van der Waals surface area contributed by atoms with Crippen LogP contribution >= 0.6 is 0 Å². The molecule has 0 saturated carbocycles. The minimum Gasteiger partial charge on any atom is -0.496 e. The van der Waals surface area contributed by atoms with Crippen molar-refractivity contribution in [3.05, 3.63) is 108 Å². The predicted molar refractivity (Wildman–Crippen MR) is 120 cm³/mol. The summed E-state index contributed by atoms with van der Waals surface area (Å²) in [5.41, 5.74) is 3.20. The topological polar surface area (TPSA) is 71.7 Å². The van der Waals surface area contributed by atoms with Crippen LogP contribution in [0.4, 0.5) is 5.69 Å². The lowest BCUT2D eigenvalue weighted by molar-refractivity contribution is -0.116. The summed E-state index contributed by atoms with van der Waals surface area (Å²) in [6, 6.07) is 28.3. The molecular formula is C26H23NO4. The molecule has 4 rings (SSSR count). The van der Waals surface area contributed by atoms with Gasteiger partial charge in [-0.25, -0.2) is 0 Å². The molecule has 5 heteroatoms. The maximum atomic E-state index is 13.3. The van der Waals surface area contributed by atoms with Gasteiger partial charge in [-0.2, -0.15) is 0 Å². The highest BCUT2D eigenvalue weighted by Crippen LogP contribution is 2.34. The lowest BCUT2D eigenvalue weighted by Gasteiger charge is -2.18. The van der Waals surface area contributed by atoms with Crippen molar-refractivity contribution in [2.45, 2.75) is 12.5 Å². The Morgan fingerprint density at radius 1 is 0.935 bits per heavy atom. The minimum atomic E-state index is -0.440. The lowest BCUT2D eigenvalue weighted by Crippen LogP contribution is -2.22. The van der Waals surface area contributed by atoms with Crippen molar-refractivity contribution >= 4 is 11.6 Å². The molecule has 0 fully saturated rings. The highest BCUT2D eigenvalue weighted by atomic mass is 16.5. The monoisotopic (exact) mass is 413 g/mol. The number of furan rings is 1. The summed E-state index contributed by atoms with van der Waals surface area (Å²) in [7, 11) is 1.57. The van der Waals surface area contributed by atoms with E-state index in [4.69, 9.17) is 9.15 Å². The zero-order valence-electron chi connectivity index (χ0n) is 17.1. The van der Waals surface area contributed by atoms with Gasteiger partial charge in [0.15, 0.2) is 0 Å². The number of aliphatic hydroxyl groups is 1. The van der Waals surface area contributed by atoms with E-state index < -0.39 is 5.92 Å². The summed E-state index contributed by atoms with van der Waals surface area (Å²) < 4.78 is 11.1. The Morgan fingerprint density at radius 3 is 2.13 bits per heavy atom. The quantitative estimate of drug-likeness (QED) is 0.436. The number of rotatable bonds is 7. The molecule has 2 N–H and O–H groups in total. The van der Waals surface area contributed by atoms with Crippen LogP contribution in [-0.4, -0.2) is 18.1 Å². The van der Waals surface area contributed by atoms with Gasteiger partial charge < -0.3 is 19.6 Å². The number of hydrogen-bond acceptors (Lipinski definition) is 4. The van der Waals surface area contributed by atoms with Crippen LogP contribution in [0.1, 0.15) is 22.8 Å². The summed E-state index contributed by atoms with van der Waals surface area (Å²) in [5, 5.41) is 12.3. The van der Waals surface area contributed by atoms with Crippen molar-refractivity contribution < 1.29 is 19.1 Å². The van der Waals surface area contributed by atoms with E-state index in [1.165, 1.54) is 0 Å². The molecule has 0 aliphatic heterocycles. The van der Waals surface area contributed by atoms with Gasteiger partial charge in [-0.3, -0.25) is 4.79 Å². The van der Waals surface area contributed by atoms with E-state index in [1.54, 1.807) is 25.3 Å². The van der Waals surface area contributed by atoms with Gasteiger partial charge in [-0.1, -0.05) is 60.7 Å². The van der Waals surface area contributed by atoms with Gasteiger partial charge in [0.05, 0.1) is 18.6 Å². The van der Waals surface area contributed by atoms with Gasteiger partial charge in [0.25, 0.3) is 0 Å².